The Morgan fingerprint density at radius 3 is 2.67 bits per heavy atom. The van der Waals surface area contributed by atoms with Gasteiger partial charge in [-0.25, -0.2) is 0 Å². The van der Waals surface area contributed by atoms with Gasteiger partial charge in [0.1, 0.15) is 0 Å². The standard InChI is InChI=1S/C16H31NS/c1-3-4-5-6-8-11-15(17-2)14-18-16-12-9-7-10-13-16/h3,15-17H,1,4-14H2,2H3. The summed E-state index contributed by atoms with van der Waals surface area (Å²) in [5.41, 5.74) is 0. The van der Waals surface area contributed by atoms with Crippen molar-refractivity contribution in [3.8, 4) is 0 Å². The molecular formula is C16H31NS. The van der Waals surface area contributed by atoms with Crippen LogP contribution < -0.4 is 5.32 Å². The Bertz CT molecular complexity index is 199. The van der Waals surface area contributed by atoms with E-state index in [9.17, 15) is 0 Å². The fraction of sp³-hybridized carbons (Fsp3) is 0.875. The predicted molar refractivity (Wildman–Crippen MR) is 85.5 cm³/mol. The molecule has 1 aliphatic carbocycles. The summed E-state index contributed by atoms with van der Waals surface area (Å²) in [7, 11) is 2.12. The molecule has 0 aromatic carbocycles. The van der Waals surface area contributed by atoms with Crippen molar-refractivity contribution in [3.63, 3.8) is 0 Å². The number of rotatable bonds is 10. The highest BCUT2D eigenvalue weighted by Gasteiger charge is 2.15. The molecule has 1 atom stereocenters. The first-order valence-electron chi connectivity index (χ1n) is 7.76. The van der Waals surface area contributed by atoms with E-state index in [1.807, 2.05) is 6.08 Å². The zero-order valence-electron chi connectivity index (χ0n) is 12.1. The molecule has 0 aromatic heterocycles. The first kappa shape index (κ1) is 16.1. The first-order valence-corrected chi connectivity index (χ1v) is 8.81. The summed E-state index contributed by atoms with van der Waals surface area (Å²) in [5, 5.41) is 4.45. The molecule has 106 valence electrons. The summed E-state index contributed by atoms with van der Waals surface area (Å²) in [5.74, 6) is 1.31. The van der Waals surface area contributed by atoms with Crippen molar-refractivity contribution in [3.05, 3.63) is 12.7 Å². The Labute approximate surface area is 118 Å². The Balaban J connectivity index is 2.03. The zero-order valence-corrected chi connectivity index (χ0v) is 12.9. The number of thioether (sulfide) groups is 1. The lowest BCUT2D eigenvalue weighted by Gasteiger charge is -2.24. The monoisotopic (exact) mass is 269 g/mol. The Morgan fingerprint density at radius 1 is 1.22 bits per heavy atom. The van der Waals surface area contributed by atoms with Gasteiger partial charge in [-0.3, -0.25) is 0 Å². The molecule has 0 aromatic rings. The SMILES string of the molecule is C=CCCCCCC(CSC1CCCCC1)NC. The van der Waals surface area contributed by atoms with Gasteiger partial charge in [0.25, 0.3) is 0 Å². The van der Waals surface area contributed by atoms with E-state index in [4.69, 9.17) is 0 Å². The van der Waals surface area contributed by atoms with Crippen LogP contribution in [0.25, 0.3) is 0 Å². The van der Waals surface area contributed by atoms with E-state index in [0.29, 0.717) is 0 Å². The smallest absolute Gasteiger partial charge is 0.0155 e. The molecular weight excluding hydrogens is 238 g/mol. The second-order valence-electron chi connectivity index (χ2n) is 5.51. The van der Waals surface area contributed by atoms with Gasteiger partial charge >= 0.3 is 0 Å². The van der Waals surface area contributed by atoms with E-state index in [1.165, 1.54) is 70.0 Å². The van der Waals surface area contributed by atoms with E-state index < -0.39 is 0 Å². The van der Waals surface area contributed by atoms with Crippen molar-refractivity contribution in [1.82, 2.24) is 5.32 Å². The average Bonchev–Trinajstić information content (AvgIpc) is 2.43. The third-order valence-electron chi connectivity index (χ3n) is 3.95. The van der Waals surface area contributed by atoms with Crippen molar-refractivity contribution in [2.45, 2.75) is 75.5 Å². The largest absolute Gasteiger partial charge is 0.316 e. The lowest BCUT2D eigenvalue weighted by Crippen LogP contribution is -2.28. The van der Waals surface area contributed by atoms with Gasteiger partial charge in [0.15, 0.2) is 0 Å². The summed E-state index contributed by atoms with van der Waals surface area (Å²) >= 11 is 2.22. The molecule has 1 fully saturated rings. The number of unbranched alkanes of at least 4 members (excludes halogenated alkanes) is 3. The summed E-state index contributed by atoms with van der Waals surface area (Å²) < 4.78 is 0. The maximum Gasteiger partial charge on any atom is 0.0155 e. The minimum absolute atomic E-state index is 0.723. The predicted octanol–water partition coefficient (Wildman–Crippen LogP) is 4.78. The average molecular weight is 269 g/mol. The highest BCUT2D eigenvalue weighted by atomic mass is 32.2. The molecule has 2 heteroatoms. The molecule has 0 saturated heterocycles. The number of allylic oxidation sites excluding steroid dienone is 1. The van der Waals surface area contributed by atoms with Crippen LogP contribution in [-0.4, -0.2) is 24.1 Å². The molecule has 0 heterocycles. The molecule has 0 bridgehead atoms. The molecule has 1 aliphatic rings. The Morgan fingerprint density at radius 2 is 2.00 bits per heavy atom. The fourth-order valence-corrected chi connectivity index (χ4v) is 4.16. The van der Waals surface area contributed by atoms with Gasteiger partial charge in [0.05, 0.1) is 0 Å². The quantitative estimate of drug-likeness (QED) is 0.452. The van der Waals surface area contributed by atoms with Crippen LogP contribution in [0.1, 0.15) is 64.2 Å². The molecule has 1 N–H and O–H groups in total. The molecule has 1 unspecified atom stereocenters. The maximum absolute atomic E-state index is 3.78. The number of hydrogen-bond acceptors (Lipinski definition) is 2. The van der Waals surface area contributed by atoms with Crippen LogP contribution in [-0.2, 0) is 0 Å². The first-order chi connectivity index (χ1) is 8.86. The van der Waals surface area contributed by atoms with Crippen molar-refractivity contribution < 1.29 is 0 Å². The van der Waals surface area contributed by atoms with Crippen LogP contribution in [0.15, 0.2) is 12.7 Å². The molecule has 0 amide bonds. The van der Waals surface area contributed by atoms with Crippen LogP contribution in [0.5, 0.6) is 0 Å². The van der Waals surface area contributed by atoms with Crippen LogP contribution in [0.2, 0.25) is 0 Å². The third-order valence-corrected chi connectivity index (χ3v) is 5.49. The van der Waals surface area contributed by atoms with Gasteiger partial charge in [0.2, 0.25) is 0 Å². The van der Waals surface area contributed by atoms with E-state index in [2.05, 4.69) is 30.7 Å². The topological polar surface area (TPSA) is 12.0 Å². The lowest BCUT2D eigenvalue weighted by molar-refractivity contribution is 0.507. The second-order valence-corrected chi connectivity index (χ2v) is 6.84. The van der Waals surface area contributed by atoms with Gasteiger partial charge in [0, 0.05) is 17.0 Å². The van der Waals surface area contributed by atoms with Crippen molar-refractivity contribution >= 4 is 11.8 Å². The second kappa shape index (κ2) is 10.9. The third kappa shape index (κ3) is 7.48. The fourth-order valence-electron chi connectivity index (χ4n) is 2.65. The van der Waals surface area contributed by atoms with Gasteiger partial charge < -0.3 is 5.32 Å². The summed E-state index contributed by atoms with van der Waals surface area (Å²) in [6.07, 6.45) is 15.9. The zero-order chi connectivity index (χ0) is 13.1. The summed E-state index contributed by atoms with van der Waals surface area (Å²) in [4.78, 5) is 0. The van der Waals surface area contributed by atoms with Gasteiger partial charge in [-0.2, -0.15) is 11.8 Å². The van der Waals surface area contributed by atoms with E-state index in [-0.39, 0.29) is 0 Å². The van der Waals surface area contributed by atoms with E-state index in [1.54, 1.807) is 0 Å². The molecule has 1 rings (SSSR count). The van der Waals surface area contributed by atoms with Gasteiger partial charge in [-0.05, 0) is 39.2 Å². The van der Waals surface area contributed by atoms with Crippen LogP contribution in [0.3, 0.4) is 0 Å². The minimum Gasteiger partial charge on any atom is -0.316 e. The Hall–Kier alpha value is 0.0500. The maximum atomic E-state index is 3.78. The molecule has 1 nitrogen and oxygen atoms in total. The van der Waals surface area contributed by atoms with Gasteiger partial charge in [-0.1, -0.05) is 38.2 Å². The number of nitrogens with one attached hydrogen (secondary N) is 1. The van der Waals surface area contributed by atoms with Crippen LogP contribution in [0.4, 0.5) is 0 Å². The van der Waals surface area contributed by atoms with Gasteiger partial charge in [-0.15, -0.1) is 6.58 Å². The van der Waals surface area contributed by atoms with E-state index >= 15 is 0 Å². The van der Waals surface area contributed by atoms with Crippen molar-refractivity contribution in [1.29, 1.82) is 0 Å². The molecule has 0 spiro atoms. The van der Waals surface area contributed by atoms with Crippen LogP contribution >= 0.6 is 11.8 Å². The molecule has 0 radical (unpaired) electrons. The van der Waals surface area contributed by atoms with E-state index in [0.717, 1.165) is 11.3 Å². The normalized spacial score (nSPS) is 18.7. The molecule has 1 saturated carbocycles. The van der Waals surface area contributed by atoms with Crippen molar-refractivity contribution in [2.75, 3.05) is 12.8 Å². The highest BCUT2D eigenvalue weighted by Crippen LogP contribution is 2.29. The lowest BCUT2D eigenvalue weighted by atomic mass is 10.0. The van der Waals surface area contributed by atoms with Crippen LogP contribution in [0, 0.1) is 0 Å². The van der Waals surface area contributed by atoms with Crippen molar-refractivity contribution in [2.24, 2.45) is 0 Å². The Kier molecular flexibility index (Phi) is 9.78. The highest BCUT2D eigenvalue weighted by molar-refractivity contribution is 7.99. The minimum atomic E-state index is 0.723. The summed E-state index contributed by atoms with van der Waals surface area (Å²) in [6.45, 7) is 3.78. The molecule has 18 heavy (non-hydrogen) atoms. The number of hydrogen-bond donors (Lipinski definition) is 1. The summed E-state index contributed by atoms with van der Waals surface area (Å²) in [6, 6.07) is 0.723. The molecule has 0 aliphatic heterocycles.